The smallest absolute Gasteiger partial charge is 0.462 e. The van der Waals surface area contributed by atoms with E-state index in [4.69, 9.17) is 14.2 Å². The molecular formula is C21H20N2O8S2. The number of ether oxygens (including phenoxy) is 3. The highest BCUT2D eigenvalue weighted by molar-refractivity contribution is 8.18. The highest BCUT2D eigenvalue weighted by Crippen LogP contribution is 2.29. The van der Waals surface area contributed by atoms with Crippen molar-refractivity contribution in [2.45, 2.75) is 12.4 Å². The molecule has 0 fully saturated rings. The van der Waals surface area contributed by atoms with Crippen LogP contribution in [0.5, 0.6) is 11.5 Å². The maximum absolute atomic E-state index is 12.7. The molecule has 0 aromatic heterocycles. The molecule has 0 spiro atoms. The molecule has 1 atom stereocenters. The quantitative estimate of drug-likeness (QED) is 0.438. The number of para-hydroxylation sites is 1. The van der Waals surface area contributed by atoms with Crippen molar-refractivity contribution in [3.8, 4) is 11.5 Å². The number of sulfone groups is 1. The minimum absolute atomic E-state index is 0.0438. The van der Waals surface area contributed by atoms with Gasteiger partial charge < -0.3 is 24.8 Å². The van der Waals surface area contributed by atoms with Gasteiger partial charge in [0.05, 0.1) is 17.7 Å². The first-order valence-corrected chi connectivity index (χ1v) is 12.3. The average molecular weight is 493 g/mol. The molecule has 0 aliphatic carbocycles. The SMILES string of the molecule is CCOC(=O)c1ccc(OC(=O)Oc2ccccc2C(=O)NC2NC=C(S(C)(=O)=O)S2)cc1. The highest BCUT2D eigenvalue weighted by atomic mass is 32.3. The summed E-state index contributed by atoms with van der Waals surface area (Å²) in [6.45, 7) is 1.93. The molecule has 1 aliphatic rings. The first-order valence-electron chi connectivity index (χ1n) is 9.57. The van der Waals surface area contributed by atoms with Crippen molar-refractivity contribution in [3.63, 3.8) is 0 Å². The van der Waals surface area contributed by atoms with Gasteiger partial charge in [-0.1, -0.05) is 23.9 Å². The molecule has 1 amide bonds. The van der Waals surface area contributed by atoms with Crippen molar-refractivity contribution in [2.24, 2.45) is 0 Å². The van der Waals surface area contributed by atoms with E-state index < -0.39 is 33.4 Å². The number of nitrogens with one attached hydrogen (secondary N) is 2. The monoisotopic (exact) mass is 492 g/mol. The fourth-order valence-electron chi connectivity index (χ4n) is 2.61. The van der Waals surface area contributed by atoms with Crippen LogP contribution in [0, 0.1) is 0 Å². The third-order valence-electron chi connectivity index (χ3n) is 4.11. The lowest BCUT2D eigenvalue weighted by molar-refractivity contribution is 0.0526. The van der Waals surface area contributed by atoms with Crippen LogP contribution in [0.3, 0.4) is 0 Å². The van der Waals surface area contributed by atoms with Gasteiger partial charge in [-0.05, 0) is 43.3 Å². The second-order valence-electron chi connectivity index (χ2n) is 6.57. The van der Waals surface area contributed by atoms with Gasteiger partial charge in [0, 0.05) is 12.5 Å². The summed E-state index contributed by atoms with van der Waals surface area (Å²) in [7, 11) is -3.40. The van der Waals surface area contributed by atoms with Crippen molar-refractivity contribution in [1.29, 1.82) is 0 Å². The molecule has 10 nitrogen and oxygen atoms in total. The Morgan fingerprint density at radius 3 is 2.39 bits per heavy atom. The van der Waals surface area contributed by atoms with E-state index in [-0.39, 0.29) is 27.9 Å². The van der Waals surface area contributed by atoms with Crippen LogP contribution >= 0.6 is 11.8 Å². The van der Waals surface area contributed by atoms with Crippen LogP contribution in [-0.2, 0) is 14.6 Å². The Bertz CT molecular complexity index is 1190. The summed E-state index contributed by atoms with van der Waals surface area (Å²) in [5, 5.41) is 5.36. The number of hydrogen-bond acceptors (Lipinski definition) is 10. The molecule has 12 heteroatoms. The van der Waals surface area contributed by atoms with Gasteiger partial charge in [0.1, 0.15) is 15.7 Å². The number of rotatable bonds is 7. The summed E-state index contributed by atoms with van der Waals surface area (Å²) in [5.74, 6) is -1.02. The third kappa shape index (κ3) is 6.49. The molecule has 0 saturated heterocycles. The lowest BCUT2D eigenvalue weighted by Crippen LogP contribution is -2.38. The normalized spacial score (nSPS) is 15.1. The van der Waals surface area contributed by atoms with Gasteiger partial charge in [-0.3, -0.25) is 4.79 Å². The molecule has 2 aromatic carbocycles. The molecule has 0 saturated carbocycles. The Hall–Kier alpha value is -3.51. The molecular weight excluding hydrogens is 472 g/mol. The fourth-order valence-corrected chi connectivity index (χ4v) is 4.55. The largest absolute Gasteiger partial charge is 0.519 e. The topological polar surface area (TPSA) is 137 Å². The van der Waals surface area contributed by atoms with E-state index in [2.05, 4.69) is 10.6 Å². The number of hydrogen-bond donors (Lipinski definition) is 2. The van der Waals surface area contributed by atoms with E-state index in [1.807, 2.05) is 0 Å². The Balaban J connectivity index is 1.61. The molecule has 2 aromatic rings. The lowest BCUT2D eigenvalue weighted by atomic mass is 10.2. The van der Waals surface area contributed by atoms with Crippen LogP contribution < -0.4 is 20.1 Å². The minimum Gasteiger partial charge on any atom is -0.462 e. The maximum Gasteiger partial charge on any atom is 0.519 e. The zero-order valence-corrected chi connectivity index (χ0v) is 19.2. The number of esters is 1. The van der Waals surface area contributed by atoms with Gasteiger partial charge in [-0.25, -0.2) is 18.0 Å². The Kier molecular flexibility index (Phi) is 7.61. The van der Waals surface area contributed by atoms with Crippen LogP contribution in [0.4, 0.5) is 4.79 Å². The molecule has 0 radical (unpaired) electrons. The predicted octanol–water partition coefficient (Wildman–Crippen LogP) is 2.63. The van der Waals surface area contributed by atoms with Crippen molar-refractivity contribution < 1.29 is 37.0 Å². The van der Waals surface area contributed by atoms with Crippen LogP contribution in [0.2, 0.25) is 0 Å². The first kappa shape index (κ1) is 24.1. The predicted molar refractivity (Wildman–Crippen MR) is 120 cm³/mol. The molecule has 0 bridgehead atoms. The zero-order valence-electron chi connectivity index (χ0n) is 17.6. The summed E-state index contributed by atoms with van der Waals surface area (Å²) in [5.41, 5.74) is -0.367. The molecule has 2 N–H and O–H groups in total. The molecule has 1 heterocycles. The second kappa shape index (κ2) is 10.4. The zero-order chi connectivity index (χ0) is 24.0. The lowest BCUT2D eigenvalue weighted by Gasteiger charge is -2.15. The van der Waals surface area contributed by atoms with Gasteiger partial charge in [0.2, 0.25) is 0 Å². The van der Waals surface area contributed by atoms with Crippen LogP contribution in [0.25, 0.3) is 0 Å². The number of carbonyl (C=O) groups is 3. The number of carbonyl (C=O) groups excluding carboxylic acids is 3. The van der Waals surface area contributed by atoms with E-state index in [1.54, 1.807) is 19.1 Å². The van der Waals surface area contributed by atoms with Crippen LogP contribution in [-0.4, -0.2) is 44.8 Å². The fraction of sp³-hybridized carbons (Fsp3) is 0.190. The van der Waals surface area contributed by atoms with Crippen LogP contribution in [0.1, 0.15) is 27.6 Å². The second-order valence-corrected chi connectivity index (χ2v) is 9.96. The summed E-state index contributed by atoms with van der Waals surface area (Å²) in [6.07, 6.45) is 1.28. The summed E-state index contributed by atoms with van der Waals surface area (Å²) < 4.78 is 38.5. The van der Waals surface area contributed by atoms with Gasteiger partial charge in [0.15, 0.2) is 15.3 Å². The molecule has 3 rings (SSSR count). The van der Waals surface area contributed by atoms with Crippen molar-refractivity contribution in [3.05, 3.63) is 70.1 Å². The maximum atomic E-state index is 12.7. The van der Waals surface area contributed by atoms with Crippen LogP contribution in [0.15, 0.2) is 59.0 Å². The molecule has 1 unspecified atom stereocenters. The van der Waals surface area contributed by atoms with E-state index >= 15 is 0 Å². The summed E-state index contributed by atoms with van der Waals surface area (Å²) >= 11 is 0.933. The van der Waals surface area contributed by atoms with Crippen molar-refractivity contribution in [1.82, 2.24) is 10.6 Å². The van der Waals surface area contributed by atoms with Gasteiger partial charge in [0.25, 0.3) is 5.91 Å². The van der Waals surface area contributed by atoms with Crippen molar-refractivity contribution >= 4 is 39.6 Å². The first-order chi connectivity index (χ1) is 15.7. The van der Waals surface area contributed by atoms with Gasteiger partial charge >= 0.3 is 12.1 Å². The third-order valence-corrected chi connectivity index (χ3v) is 6.99. The average Bonchev–Trinajstić information content (AvgIpc) is 3.24. The Morgan fingerprint density at radius 2 is 1.76 bits per heavy atom. The van der Waals surface area contributed by atoms with Crippen molar-refractivity contribution in [2.75, 3.05) is 12.9 Å². The highest BCUT2D eigenvalue weighted by Gasteiger charge is 2.26. The van der Waals surface area contributed by atoms with Gasteiger partial charge in [-0.2, -0.15) is 0 Å². The summed E-state index contributed by atoms with van der Waals surface area (Å²) in [4.78, 5) is 36.6. The number of thioether (sulfide) groups is 1. The standard InChI is InChI=1S/C21H20N2O8S2/c1-3-29-19(25)13-8-10-14(11-9-13)30-21(26)31-16-7-5-4-6-15(16)18(24)23-20-22-12-17(32-20)33(2,27)28/h4-12,20,22H,3H2,1-2H3,(H,23,24). The van der Waals surface area contributed by atoms with E-state index in [0.29, 0.717) is 5.56 Å². The molecule has 33 heavy (non-hydrogen) atoms. The van der Waals surface area contributed by atoms with Gasteiger partial charge in [-0.15, -0.1) is 0 Å². The molecule has 1 aliphatic heterocycles. The van der Waals surface area contributed by atoms with E-state index in [1.165, 1.54) is 42.6 Å². The Morgan fingerprint density at radius 1 is 1.06 bits per heavy atom. The minimum atomic E-state index is -3.40. The number of amides is 1. The molecule has 174 valence electrons. The number of benzene rings is 2. The summed E-state index contributed by atoms with van der Waals surface area (Å²) in [6, 6.07) is 11.7. The Labute approximate surface area is 194 Å². The van der Waals surface area contributed by atoms with E-state index in [0.717, 1.165) is 18.0 Å². The van der Waals surface area contributed by atoms with E-state index in [9.17, 15) is 22.8 Å².